The van der Waals surface area contributed by atoms with E-state index in [0.29, 0.717) is 11.9 Å². The van der Waals surface area contributed by atoms with Gasteiger partial charge in [-0.1, -0.05) is 0 Å². The number of hydrogen-bond donors (Lipinski definition) is 2. The van der Waals surface area contributed by atoms with Crippen LogP contribution in [0.25, 0.3) is 27.8 Å². The highest BCUT2D eigenvalue weighted by Gasteiger charge is 2.72. The maximum Gasteiger partial charge on any atom is 0.228 e. The minimum Gasteiger partial charge on any atom is -0.351 e. The number of carbonyl (C=O) groups excluding carboxylic acids is 1. The molecule has 0 saturated heterocycles. The third-order valence-electron chi connectivity index (χ3n) is 6.67. The fraction of sp³-hybridized carbons (Fsp3) is 0.381. The number of nitrogens with one attached hydrogen (secondary N) is 2. The smallest absolute Gasteiger partial charge is 0.228 e. The maximum atomic E-state index is 12.3. The molecule has 0 radical (unpaired) electrons. The first-order chi connectivity index (χ1) is 14.5. The molecule has 2 aliphatic rings. The molecule has 2 aliphatic carbocycles. The van der Waals surface area contributed by atoms with E-state index in [1.807, 2.05) is 56.1 Å². The van der Waals surface area contributed by atoms with Crippen molar-refractivity contribution in [2.24, 2.45) is 11.3 Å². The maximum absolute atomic E-state index is 12.3. The highest BCUT2D eigenvalue weighted by Crippen LogP contribution is 2.68. The average molecular weight is 402 g/mol. The zero-order valence-electron chi connectivity index (χ0n) is 17.0. The van der Waals surface area contributed by atoms with Crippen LogP contribution in [0.15, 0.2) is 30.7 Å². The number of carbonyl (C=O) groups is 1. The monoisotopic (exact) mass is 402 g/mol. The first-order valence-electron chi connectivity index (χ1n) is 10.1. The molecule has 30 heavy (non-hydrogen) atoms. The van der Waals surface area contributed by atoms with E-state index >= 15 is 0 Å². The lowest BCUT2D eigenvalue weighted by Gasteiger charge is -2.35. The third-order valence-corrected chi connectivity index (χ3v) is 6.67. The quantitative estimate of drug-likeness (QED) is 0.543. The van der Waals surface area contributed by atoms with E-state index < -0.39 is 0 Å². The van der Waals surface area contributed by atoms with Gasteiger partial charge < -0.3 is 15.2 Å². The number of anilines is 1. The van der Waals surface area contributed by atoms with Crippen LogP contribution in [0.1, 0.15) is 18.7 Å². The van der Waals surface area contributed by atoms with E-state index in [9.17, 15) is 4.79 Å². The van der Waals surface area contributed by atoms with Gasteiger partial charge in [-0.05, 0) is 37.8 Å². The highest BCUT2D eigenvalue weighted by molar-refractivity contribution is 5.93. The standard InChI is InChI=1S/C21H22N8O/c1-11-26-27-17-5-4-12(10-29(11)17)13-8-22-18-14(13)9-23-20(25-18)24-16-7-21(6-15(16)21)19(30)28(2)3/h4-5,8-10,15-16H,6-7H2,1-3H3,(H2,22,23,24,25)/t15?,16-,21+/m0/s1. The van der Waals surface area contributed by atoms with Crippen molar-refractivity contribution in [3.63, 3.8) is 0 Å². The minimum atomic E-state index is -0.135. The number of pyridine rings is 1. The van der Waals surface area contributed by atoms with Crippen molar-refractivity contribution < 1.29 is 4.79 Å². The number of amides is 1. The molecule has 0 aromatic carbocycles. The van der Waals surface area contributed by atoms with E-state index in [2.05, 4.69) is 30.5 Å². The Labute approximate surface area is 172 Å². The van der Waals surface area contributed by atoms with E-state index in [4.69, 9.17) is 0 Å². The van der Waals surface area contributed by atoms with Crippen molar-refractivity contribution in [3.8, 4) is 11.1 Å². The molecule has 0 aliphatic heterocycles. The second kappa shape index (κ2) is 5.78. The molecule has 4 aromatic rings. The molecule has 2 fully saturated rings. The fourth-order valence-electron chi connectivity index (χ4n) is 4.95. The molecule has 4 heterocycles. The van der Waals surface area contributed by atoms with Gasteiger partial charge in [0.15, 0.2) is 5.65 Å². The minimum absolute atomic E-state index is 0.135. The molecule has 0 bridgehead atoms. The van der Waals surface area contributed by atoms with Crippen LogP contribution in [0.5, 0.6) is 0 Å². The number of aromatic nitrogens is 6. The van der Waals surface area contributed by atoms with Gasteiger partial charge in [-0.25, -0.2) is 4.98 Å². The van der Waals surface area contributed by atoms with Gasteiger partial charge in [0.1, 0.15) is 11.5 Å². The topological polar surface area (TPSA) is 104 Å². The van der Waals surface area contributed by atoms with Gasteiger partial charge >= 0.3 is 0 Å². The van der Waals surface area contributed by atoms with Gasteiger partial charge in [-0.2, -0.15) is 4.98 Å². The van der Waals surface area contributed by atoms with Crippen LogP contribution in [-0.4, -0.2) is 60.5 Å². The lowest BCUT2D eigenvalue weighted by atomic mass is 9.79. The van der Waals surface area contributed by atoms with Crippen LogP contribution in [0.2, 0.25) is 0 Å². The van der Waals surface area contributed by atoms with Crippen LogP contribution < -0.4 is 5.32 Å². The van der Waals surface area contributed by atoms with Gasteiger partial charge in [0.2, 0.25) is 11.9 Å². The molecule has 2 saturated carbocycles. The number of rotatable bonds is 4. The summed E-state index contributed by atoms with van der Waals surface area (Å²) < 4.78 is 1.97. The van der Waals surface area contributed by atoms with Crippen LogP contribution in [0.3, 0.4) is 0 Å². The lowest BCUT2D eigenvalue weighted by Crippen LogP contribution is -2.46. The predicted molar refractivity (Wildman–Crippen MR) is 112 cm³/mol. The van der Waals surface area contributed by atoms with Crippen molar-refractivity contribution in [1.82, 2.24) is 34.4 Å². The SMILES string of the molecule is Cc1nnc2ccc(-c3c[nH]c4nc(N[C@H]5C[C@]6(C(=O)N(C)C)CC56)ncc34)cn12. The summed E-state index contributed by atoms with van der Waals surface area (Å²) in [4.78, 5) is 26.5. The molecule has 3 atom stereocenters. The van der Waals surface area contributed by atoms with Crippen molar-refractivity contribution in [2.45, 2.75) is 25.8 Å². The normalized spacial score (nSPS) is 24.5. The zero-order valence-corrected chi connectivity index (χ0v) is 17.0. The van der Waals surface area contributed by atoms with Crippen LogP contribution in [0, 0.1) is 18.3 Å². The molecule has 9 heteroatoms. The van der Waals surface area contributed by atoms with Crippen molar-refractivity contribution in [3.05, 3.63) is 36.5 Å². The predicted octanol–water partition coefficient (Wildman–Crippen LogP) is 2.25. The lowest BCUT2D eigenvalue weighted by molar-refractivity contribution is -0.137. The van der Waals surface area contributed by atoms with Gasteiger partial charge in [0, 0.05) is 55.2 Å². The van der Waals surface area contributed by atoms with E-state index in [1.165, 1.54) is 0 Å². The summed E-state index contributed by atoms with van der Waals surface area (Å²) in [5.74, 6) is 2.09. The number of fused-ring (bicyclic) bond motifs is 3. The summed E-state index contributed by atoms with van der Waals surface area (Å²) in [6.45, 7) is 1.93. The average Bonchev–Trinajstić information content (AvgIpc) is 3.02. The number of H-pyrrole nitrogens is 1. The number of nitrogens with zero attached hydrogens (tertiary/aromatic N) is 6. The first-order valence-corrected chi connectivity index (χ1v) is 10.1. The Hall–Kier alpha value is -3.49. The molecular weight excluding hydrogens is 380 g/mol. The van der Waals surface area contributed by atoms with Crippen molar-refractivity contribution >= 4 is 28.5 Å². The zero-order chi connectivity index (χ0) is 20.6. The molecule has 1 amide bonds. The third kappa shape index (κ3) is 2.31. The molecule has 9 nitrogen and oxygen atoms in total. The molecule has 0 spiro atoms. The van der Waals surface area contributed by atoms with E-state index in [1.54, 1.807) is 4.90 Å². The fourth-order valence-corrected chi connectivity index (χ4v) is 4.95. The Morgan fingerprint density at radius 2 is 2.17 bits per heavy atom. The number of hydrogen-bond acceptors (Lipinski definition) is 6. The van der Waals surface area contributed by atoms with Crippen LogP contribution in [-0.2, 0) is 4.79 Å². The second-order valence-electron chi connectivity index (χ2n) is 8.67. The molecular formula is C21H22N8O. The van der Waals surface area contributed by atoms with Crippen LogP contribution >= 0.6 is 0 Å². The number of aryl methyl sites for hydroxylation is 1. The molecule has 2 N–H and O–H groups in total. The molecule has 6 rings (SSSR count). The van der Waals surface area contributed by atoms with Gasteiger partial charge in [-0.3, -0.25) is 9.20 Å². The highest BCUT2D eigenvalue weighted by atomic mass is 16.2. The molecule has 1 unspecified atom stereocenters. The van der Waals surface area contributed by atoms with Gasteiger partial charge in [0.25, 0.3) is 0 Å². The summed E-state index contributed by atoms with van der Waals surface area (Å²) >= 11 is 0. The van der Waals surface area contributed by atoms with Crippen molar-refractivity contribution in [2.75, 3.05) is 19.4 Å². The Bertz CT molecular complexity index is 1320. The molecule has 152 valence electrons. The largest absolute Gasteiger partial charge is 0.351 e. The Morgan fingerprint density at radius 1 is 1.30 bits per heavy atom. The summed E-state index contributed by atoms with van der Waals surface area (Å²) in [5.41, 5.74) is 3.55. The van der Waals surface area contributed by atoms with E-state index in [-0.39, 0.29) is 17.4 Å². The second-order valence-corrected chi connectivity index (χ2v) is 8.67. The van der Waals surface area contributed by atoms with Gasteiger partial charge in [0.05, 0.1) is 5.41 Å². The Morgan fingerprint density at radius 3 is 2.97 bits per heavy atom. The summed E-state index contributed by atoms with van der Waals surface area (Å²) in [6.07, 6.45) is 7.65. The van der Waals surface area contributed by atoms with Crippen molar-refractivity contribution in [1.29, 1.82) is 0 Å². The van der Waals surface area contributed by atoms with Gasteiger partial charge in [-0.15, -0.1) is 10.2 Å². The summed E-state index contributed by atoms with van der Waals surface area (Å²) in [6, 6.07) is 4.25. The Kier molecular flexibility index (Phi) is 3.35. The van der Waals surface area contributed by atoms with Crippen LogP contribution in [0.4, 0.5) is 5.95 Å². The van der Waals surface area contributed by atoms with E-state index in [0.717, 1.165) is 46.5 Å². The summed E-state index contributed by atoms with van der Waals surface area (Å²) in [7, 11) is 3.66. The first kappa shape index (κ1) is 17.4. The Balaban J connectivity index is 1.25. The molecule has 4 aromatic heterocycles. The number of aromatic amines is 1. The summed E-state index contributed by atoms with van der Waals surface area (Å²) in [5, 5.41) is 12.6.